The molecular formula is C20H24N2O4. The summed E-state index contributed by atoms with van der Waals surface area (Å²) in [5, 5.41) is 0. The molecule has 0 aromatic heterocycles. The Kier molecular flexibility index (Phi) is 4.42. The van der Waals surface area contributed by atoms with E-state index in [0.29, 0.717) is 25.7 Å². The van der Waals surface area contributed by atoms with Crippen LogP contribution in [0.4, 0.5) is 0 Å². The van der Waals surface area contributed by atoms with Crippen molar-refractivity contribution in [3.63, 3.8) is 0 Å². The zero-order chi connectivity index (χ0) is 18.3. The first-order valence-electron chi connectivity index (χ1n) is 9.39. The third-order valence-electron chi connectivity index (χ3n) is 5.90. The SMILES string of the molecule is Cc1ccccc1OCC(=O)N1[C@H]2CC[C@H]1CC(N1C(=O)CCC1=O)C2. The van der Waals surface area contributed by atoms with Crippen LogP contribution in [0.25, 0.3) is 0 Å². The highest BCUT2D eigenvalue weighted by Crippen LogP contribution is 2.39. The lowest BCUT2D eigenvalue weighted by Crippen LogP contribution is -2.54. The molecule has 1 aromatic rings. The Hall–Kier alpha value is -2.37. The minimum absolute atomic E-state index is 0.00159. The van der Waals surface area contributed by atoms with Gasteiger partial charge in [0.25, 0.3) is 5.91 Å². The van der Waals surface area contributed by atoms with Crippen LogP contribution in [0.5, 0.6) is 5.75 Å². The van der Waals surface area contributed by atoms with E-state index >= 15 is 0 Å². The van der Waals surface area contributed by atoms with Crippen LogP contribution in [-0.2, 0) is 14.4 Å². The molecule has 1 aromatic carbocycles. The molecule has 0 aliphatic carbocycles. The molecule has 3 amide bonds. The first kappa shape index (κ1) is 17.1. The number of rotatable bonds is 4. The minimum atomic E-state index is -0.0536. The van der Waals surface area contributed by atoms with E-state index in [1.807, 2.05) is 36.1 Å². The Labute approximate surface area is 153 Å². The van der Waals surface area contributed by atoms with Crippen molar-refractivity contribution in [2.45, 2.75) is 63.6 Å². The fraction of sp³-hybridized carbons (Fsp3) is 0.550. The molecule has 3 heterocycles. The minimum Gasteiger partial charge on any atom is -0.484 e. The zero-order valence-electron chi connectivity index (χ0n) is 15.0. The molecule has 0 N–H and O–H groups in total. The van der Waals surface area contributed by atoms with Crippen LogP contribution >= 0.6 is 0 Å². The maximum Gasteiger partial charge on any atom is 0.261 e. The van der Waals surface area contributed by atoms with Crippen molar-refractivity contribution in [2.75, 3.05) is 6.61 Å². The number of imide groups is 1. The third kappa shape index (κ3) is 2.97. The third-order valence-corrected chi connectivity index (χ3v) is 5.90. The second-order valence-corrected chi connectivity index (χ2v) is 7.52. The summed E-state index contributed by atoms with van der Waals surface area (Å²) in [6.45, 7) is 1.99. The molecule has 138 valence electrons. The highest BCUT2D eigenvalue weighted by atomic mass is 16.5. The van der Waals surface area contributed by atoms with Gasteiger partial charge in [0.05, 0.1) is 0 Å². The van der Waals surface area contributed by atoms with Crippen molar-refractivity contribution >= 4 is 17.7 Å². The molecule has 4 rings (SSSR count). The number of amides is 3. The van der Waals surface area contributed by atoms with E-state index in [1.54, 1.807) is 0 Å². The number of likely N-dealkylation sites (tertiary alicyclic amines) is 1. The molecule has 3 saturated heterocycles. The molecule has 3 aliphatic heterocycles. The number of benzene rings is 1. The van der Waals surface area contributed by atoms with E-state index in [4.69, 9.17) is 4.74 Å². The van der Waals surface area contributed by atoms with Crippen molar-refractivity contribution in [1.82, 2.24) is 9.80 Å². The molecule has 3 fully saturated rings. The van der Waals surface area contributed by atoms with Crippen molar-refractivity contribution < 1.29 is 19.1 Å². The fourth-order valence-electron chi connectivity index (χ4n) is 4.70. The van der Waals surface area contributed by atoms with E-state index in [-0.39, 0.29) is 42.5 Å². The van der Waals surface area contributed by atoms with Gasteiger partial charge in [-0.3, -0.25) is 19.3 Å². The lowest BCUT2D eigenvalue weighted by atomic mass is 9.96. The van der Waals surface area contributed by atoms with Crippen molar-refractivity contribution in [2.24, 2.45) is 0 Å². The maximum atomic E-state index is 12.8. The number of hydrogen-bond acceptors (Lipinski definition) is 4. The summed E-state index contributed by atoms with van der Waals surface area (Å²) >= 11 is 0. The van der Waals surface area contributed by atoms with Crippen LogP contribution in [0.2, 0.25) is 0 Å². The van der Waals surface area contributed by atoms with Crippen LogP contribution in [0.15, 0.2) is 24.3 Å². The highest BCUT2D eigenvalue weighted by molar-refractivity contribution is 6.02. The molecule has 2 atom stereocenters. The predicted octanol–water partition coefficient (Wildman–Crippen LogP) is 2.04. The second-order valence-electron chi connectivity index (χ2n) is 7.52. The summed E-state index contributed by atoms with van der Waals surface area (Å²) in [4.78, 5) is 40.2. The number of fused-ring (bicyclic) bond motifs is 2. The molecule has 0 spiro atoms. The molecule has 0 unspecified atom stereocenters. The van der Waals surface area contributed by atoms with E-state index in [0.717, 1.165) is 24.2 Å². The van der Waals surface area contributed by atoms with Crippen LogP contribution in [-0.4, -0.2) is 52.3 Å². The van der Waals surface area contributed by atoms with Gasteiger partial charge in [-0.2, -0.15) is 0 Å². The van der Waals surface area contributed by atoms with Crippen LogP contribution in [0.3, 0.4) is 0 Å². The standard InChI is InChI=1S/C20H24N2O4/c1-13-4-2-3-5-17(13)26-12-20(25)21-14-6-7-15(21)11-16(10-14)22-18(23)8-9-19(22)24/h2-5,14-16H,6-12H2,1H3/t14-,15-/m0/s1. The lowest BCUT2D eigenvalue weighted by molar-refractivity contribution is -0.145. The number of aryl methyl sites for hydroxylation is 1. The predicted molar refractivity (Wildman–Crippen MR) is 94.4 cm³/mol. The molecule has 0 radical (unpaired) electrons. The van der Waals surface area contributed by atoms with Gasteiger partial charge < -0.3 is 9.64 Å². The van der Waals surface area contributed by atoms with E-state index < -0.39 is 0 Å². The van der Waals surface area contributed by atoms with Gasteiger partial charge in [0, 0.05) is 31.0 Å². The van der Waals surface area contributed by atoms with E-state index in [1.165, 1.54) is 4.90 Å². The number of hydrogen-bond donors (Lipinski definition) is 0. The molecule has 6 nitrogen and oxygen atoms in total. The summed E-state index contributed by atoms with van der Waals surface area (Å²) in [6.07, 6.45) is 3.93. The first-order valence-corrected chi connectivity index (χ1v) is 9.39. The van der Waals surface area contributed by atoms with Gasteiger partial charge >= 0.3 is 0 Å². The number of carbonyl (C=O) groups excluding carboxylic acids is 3. The molecule has 3 aliphatic rings. The first-order chi connectivity index (χ1) is 12.5. The molecule has 6 heteroatoms. The average Bonchev–Trinajstić information content (AvgIpc) is 3.10. The monoisotopic (exact) mass is 356 g/mol. The fourth-order valence-corrected chi connectivity index (χ4v) is 4.70. The Morgan fingerprint density at radius 3 is 2.27 bits per heavy atom. The quantitative estimate of drug-likeness (QED) is 0.775. The topological polar surface area (TPSA) is 66.9 Å². The van der Waals surface area contributed by atoms with Crippen molar-refractivity contribution in [3.05, 3.63) is 29.8 Å². The van der Waals surface area contributed by atoms with Crippen molar-refractivity contribution in [3.8, 4) is 5.75 Å². The Bertz CT molecular complexity index is 717. The summed E-state index contributed by atoms with van der Waals surface area (Å²) in [7, 11) is 0. The van der Waals surface area contributed by atoms with Crippen LogP contribution < -0.4 is 4.74 Å². The van der Waals surface area contributed by atoms with Gasteiger partial charge in [-0.05, 0) is 44.2 Å². The normalized spacial score (nSPS) is 28.0. The van der Waals surface area contributed by atoms with Crippen LogP contribution in [0, 0.1) is 6.92 Å². The summed E-state index contributed by atoms with van der Waals surface area (Å²) < 4.78 is 5.73. The Balaban J connectivity index is 1.40. The number of para-hydroxylation sites is 1. The number of ether oxygens (including phenoxy) is 1. The van der Waals surface area contributed by atoms with Gasteiger partial charge in [0.1, 0.15) is 5.75 Å². The number of nitrogens with zero attached hydrogens (tertiary/aromatic N) is 2. The molecule has 0 saturated carbocycles. The molecular weight excluding hydrogens is 332 g/mol. The van der Waals surface area contributed by atoms with Crippen molar-refractivity contribution in [1.29, 1.82) is 0 Å². The largest absolute Gasteiger partial charge is 0.484 e. The van der Waals surface area contributed by atoms with Gasteiger partial charge in [0.15, 0.2) is 6.61 Å². The molecule has 2 bridgehead atoms. The summed E-state index contributed by atoms with van der Waals surface area (Å²) in [5.41, 5.74) is 1.01. The van der Waals surface area contributed by atoms with Gasteiger partial charge in [-0.25, -0.2) is 0 Å². The molecule has 26 heavy (non-hydrogen) atoms. The Morgan fingerprint density at radius 1 is 1.04 bits per heavy atom. The highest BCUT2D eigenvalue weighted by Gasteiger charge is 2.47. The second kappa shape index (κ2) is 6.74. The Morgan fingerprint density at radius 2 is 1.65 bits per heavy atom. The summed E-state index contributed by atoms with van der Waals surface area (Å²) in [6, 6.07) is 7.83. The number of carbonyl (C=O) groups is 3. The van der Waals surface area contributed by atoms with E-state index in [2.05, 4.69) is 0 Å². The smallest absolute Gasteiger partial charge is 0.261 e. The average molecular weight is 356 g/mol. The zero-order valence-corrected chi connectivity index (χ0v) is 15.0. The van der Waals surface area contributed by atoms with Gasteiger partial charge in [-0.15, -0.1) is 0 Å². The van der Waals surface area contributed by atoms with Crippen LogP contribution in [0.1, 0.15) is 44.1 Å². The summed E-state index contributed by atoms with van der Waals surface area (Å²) in [5.74, 6) is 0.624. The van der Waals surface area contributed by atoms with E-state index in [9.17, 15) is 14.4 Å². The van der Waals surface area contributed by atoms with Gasteiger partial charge in [0.2, 0.25) is 11.8 Å². The maximum absolute atomic E-state index is 12.8. The van der Waals surface area contributed by atoms with Gasteiger partial charge in [-0.1, -0.05) is 18.2 Å². The number of piperidine rings is 1. The lowest BCUT2D eigenvalue weighted by Gasteiger charge is -2.41.